The van der Waals surface area contributed by atoms with E-state index in [0.717, 1.165) is 99.9 Å². The van der Waals surface area contributed by atoms with Crippen LogP contribution in [0.25, 0.3) is 94.0 Å². The van der Waals surface area contributed by atoms with E-state index in [2.05, 4.69) is 204 Å². The van der Waals surface area contributed by atoms with Gasteiger partial charge in [-0.3, -0.25) is 4.57 Å². The van der Waals surface area contributed by atoms with E-state index in [4.69, 9.17) is 8.83 Å². The third-order valence-corrected chi connectivity index (χ3v) is 11.8. The Morgan fingerprint density at radius 1 is 0.367 bits per heavy atom. The molecule has 0 saturated heterocycles. The minimum absolute atomic E-state index is 0.844. The van der Waals surface area contributed by atoms with Crippen molar-refractivity contribution >= 4 is 72.0 Å². The largest absolute Gasteiger partial charge is 0.453 e. The summed E-state index contributed by atoms with van der Waals surface area (Å²) >= 11 is 0. The molecule has 4 nitrogen and oxygen atoms in total. The molecule has 0 atom stereocenters. The first-order valence-corrected chi connectivity index (χ1v) is 20.3. The standard InChI is InChI=1S/C56H36N2O2/c1-4-14-37(15-5-1)38-26-31-43(32-27-38)57(51-24-13-23-47-46-22-12-21-45(54(46)60-55(47)51)40-16-6-2-7-17-40)44-33-28-39(29-34-44)41-30-35-50-49(36-41)53-48-20-10-11-25-52(48)59-56(53)58(50)42-18-8-3-9-19-42/h1-36H. The van der Waals surface area contributed by atoms with Crippen LogP contribution < -0.4 is 4.90 Å². The van der Waals surface area contributed by atoms with E-state index in [-0.39, 0.29) is 0 Å². The Morgan fingerprint density at radius 3 is 1.63 bits per heavy atom. The molecule has 3 heterocycles. The fraction of sp³-hybridized carbons (Fsp3) is 0. The lowest BCUT2D eigenvalue weighted by molar-refractivity contribution is 0.645. The molecule has 9 aromatic carbocycles. The molecule has 60 heavy (non-hydrogen) atoms. The van der Waals surface area contributed by atoms with Crippen LogP contribution in [-0.4, -0.2) is 4.57 Å². The lowest BCUT2D eigenvalue weighted by Gasteiger charge is -2.26. The SMILES string of the molecule is c1ccc(-c2ccc(N(c3ccc(-c4ccc5c(c4)c4c6ccccc6oc4n5-c4ccccc4)cc3)c3cccc4c3oc3c(-c5ccccc5)cccc34)cc2)cc1. The van der Waals surface area contributed by atoms with E-state index in [0.29, 0.717) is 0 Å². The van der Waals surface area contributed by atoms with Gasteiger partial charge < -0.3 is 13.7 Å². The Kier molecular flexibility index (Phi) is 7.82. The summed E-state index contributed by atoms with van der Waals surface area (Å²) in [6.45, 7) is 0. The van der Waals surface area contributed by atoms with E-state index >= 15 is 0 Å². The van der Waals surface area contributed by atoms with Crippen molar-refractivity contribution in [2.75, 3.05) is 4.90 Å². The quantitative estimate of drug-likeness (QED) is 0.162. The van der Waals surface area contributed by atoms with Crippen LogP contribution in [0.3, 0.4) is 0 Å². The van der Waals surface area contributed by atoms with Crippen molar-refractivity contribution in [1.29, 1.82) is 0 Å². The lowest BCUT2D eigenvalue weighted by atomic mass is 10.0. The normalized spacial score (nSPS) is 11.7. The Labute approximate surface area is 346 Å². The number of benzene rings is 9. The molecule has 3 aromatic heterocycles. The maximum atomic E-state index is 6.96. The second-order valence-corrected chi connectivity index (χ2v) is 15.3. The molecule has 0 aliphatic rings. The number of anilines is 3. The third kappa shape index (κ3) is 5.46. The van der Waals surface area contributed by atoms with Gasteiger partial charge in [0.2, 0.25) is 5.71 Å². The van der Waals surface area contributed by atoms with E-state index < -0.39 is 0 Å². The number of rotatable bonds is 7. The van der Waals surface area contributed by atoms with Crippen LogP contribution >= 0.6 is 0 Å². The van der Waals surface area contributed by atoms with Gasteiger partial charge in [0.15, 0.2) is 5.58 Å². The Bertz CT molecular complexity index is 3510. The highest BCUT2D eigenvalue weighted by Gasteiger charge is 2.22. The maximum absolute atomic E-state index is 6.96. The molecule has 0 fully saturated rings. The summed E-state index contributed by atoms with van der Waals surface area (Å²) < 4.78 is 15.8. The summed E-state index contributed by atoms with van der Waals surface area (Å²) in [6, 6.07) is 77.2. The van der Waals surface area contributed by atoms with Crippen molar-refractivity contribution in [3.05, 3.63) is 218 Å². The number of hydrogen-bond donors (Lipinski definition) is 0. The number of hydrogen-bond acceptors (Lipinski definition) is 3. The number of para-hydroxylation sites is 4. The van der Waals surface area contributed by atoms with Crippen LogP contribution in [0.4, 0.5) is 17.1 Å². The van der Waals surface area contributed by atoms with E-state index in [9.17, 15) is 0 Å². The molecule has 12 aromatic rings. The van der Waals surface area contributed by atoms with Crippen molar-refractivity contribution < 1.29 is 8.83 Å². The highest BCUT2D eigenvalue weighted by Crippen LogP contribution is 2.45. The predicted molar refractivity (Wildman–Crippen MR) is 249 cm³/mol. The first kappa shape index (κ1) is 34.0. The molecule has 0 amide bonds. The van der Waals surface area contributed by atoms with Gasteiger partial charge in [0.1, 0.15) is 11.2 Å². The summed E-state index contributed by atoms with van der Waals surface area (Å²) in [5, 5.41) is 5.58. The molecule has 0 bridgehead atoms. The number of nitrogens with zero attached hydrogens (tertiary/aromatic N) is 2. The average Bonchev–Trinajstić information content (AvgIpc) is 4.00. The highest BCUT2D eigenvalue weighted by molar-refractivity contribution is 6.20. The smallest absolute Gasteiger partial charge is 0.213 e. The van der Waals surface area contributed by atoms with Gasteiger partial charge in [0, 0.05) is 44.2 Å². The van der Waals surface area contributed by atoms with Gasteiger partial charge >= 0.3 is 0 Å². The molecule has 282 valence electrons. The first-order chi connectivity index (χ1) is 29.8. The number of furan rings is 2. The van der Waals surface area contributed by atoms with E-state index in [1.807, 2.05) is 24.3 Å². The van der Waals surface area contributed by atoms with Gasteiger partial charge in [0.25, 0.3) is 0 Å². The molecule has 12 rings (SSSR count). The van der Waals surface area contributed by atoms with Crippen molar-refractivity contribution in [1.82, 2.24) is 4.57 Å². The zero-order valence-electron chi connectivity index (χ0n) is 32.5. The van der Waals surface area contributed by atoms with Crippen LogP contribution in [0, 0.1) is 0 Å². The molecule has 0 spiro atoms. The molecule has 0 N–H and O–H groups in total. The van der Waals surface area contributed by atoms with Gasteiger partial charge in [-0.2, -0.15) is 0 Å². The van der Waals surface area contributed by atoms with Crippen LogP contribution in [0.2, 0.25) is 0 Å². The third-order valence-electron chi connectivity index (χ3n) is 11.8. The van der Waals surface area contributed by atoms with E-state index in [1.165, 1.54) is 11.1 Å². The van der Waals surface area contributed by atoms with Gasteiger partial charge in [-0.1, -0.05) is 158 Å². The minimum Gasteiger partial charge on any atom is -0.453 e. The van der Waals surface area contributed by atoms with Crippen molar-refractivity contribution in [2.24, 2.45) is 0 Å². The number of aromatic nitrogens is 1. The van der Waals surface area contributed by atoms with Gasteiger partial charge in [-0.15, -0.1) is 0 Å². The predicted octanol–water partition coefficient (Wildman–Crippen LogP) is 15.9. The minimum atomic E-state index is 0.844. The fourth-order valence-corrected chi connectivity index (χ4v) is 8.99. The molecule has 0 aliphatic heterocycles. The average molecular weight is 769 g/mol. The fourth-order valence-electron chi connectivity index (χ4n) is 8.99. The first-order valence-electron chi connectivity index (χ1n) is 20.3. The molecule has 0 saturated carbocycles. The molecule has 0 radical (unpaired) electrons. The Morgan fingerprint density at radius 2 is 0.917 bits per heavy atom. The van der Waals surface area contributed by atoms with Crippen LogP contribution in [0.5, 0.6) is 0 Å². The topological polar surface area (TPSA) is 34.5 Å². The van der Waals surface area contributed by atoms with Crippen molar-refractivity contribution in [3.8, 4) is 39.1 Å². The van der Waals surface area contributed by atoms with E-state index in [1.54, 1.807) is 0 Å². The summed E-state index contributed by atoms with van der Waals surface area (Å²) in [5.74, 6) is 0. The van der Waals surface area contributed by atoms with Crippen LogP contribution in [0.1, 0.15) is 0 Å². The Balaban J connectivity index is 1.01. The molecule has 0 aliphatic carbocycles. The molecule has 0 unspecified atom stereocenters. The monoisotopic (exact) mass is 768 g/mol. The number of fused-ring (bicyclic) bond motifs is 8. The lowest BCUT2D eigenvalue weighted by Crippen LogP contribution is -2.10. The Hall–Kier alpha value is -8.08. The summed E-state index contributed by atoms with van der Waals surface area (Å²) in [7, 11) is 0. The molecule has 4 heteroatoms. The second kappa shape index (κ2) is 13.8. The summed E-state index contributed by atoms with van der Waals surface area (Å²) in [4.78, 5) is 2.32. The van der Waals surface area contributed by atoms with Crippen molar-refractivity contribution in [3.63, 3.8) is 0 Å². The molecular weight excluding hydrogens is 733 g/mol. The second-order valence-electron chi connectivity index (χ2n) is 15.3. The van der Waals surface area contributed by atoms with Crippen molar-refractivity contribution in [2.45, 2.75) is 0 Å². The van der Waals surface area contributed by atoms with Gasteiger partial charge in [-0.25, -0.2) is 0 Å². The summed E-state index contributed by atoms with van der Waals surface area (Å²) in [6.07, 6.45) is 0. The highest BCUT2D eigenvalue weighted by atomic mass is 16.3. The zero-order valence-corrected chi connectivity index (χ0v) is 32.5. The maximum Gasteiger partial charge on any atom is 0.213 e. The van der Waals surface area contributed by atoms with Crippen LogP contribution in [0.15, 0.2) is 227 Å². The van der Waals surface area contributed by atoms with Crippen LogP contribution in [-0.2, 0) is 0 Å². The van der Waals surface area contributed by atoms with Gasteiger partial charge in [-0.05, 0) is 88.5 Å². The zero-order chi connectivity index (χ0) is 39.6. The summed E-state index contributed by atoms with van der Waals surface area (Å²) in [5.41, 5.74) is 15.5. The van der Waals surface area contributed by atoms with Gasteiger partial charge in [0.05, 0.1) is 16.6 Å². The molecular formula is C56H36N2O2.